The first-order chi connectivity index (χ1) is 17.7. The summed E-state index contributed by atoms with van der Waals surface area (Å²) in [5, 5.41) is 22.3. The van der Waals surface area contributed by atoms with E-state index in [2.05, 4.69) is 6.07 Å². The molecule has 0 aromatic heterocycles. The summed E-state index contributed by atoms with van der Waals surface area (Å²) in [5.41, 5.74) is -0.659. The molecule has 37 heavy (non-hydrogen) atoms. The number of nitro groups is 1. The van der Waals surface area contributed by atoms with Crippen LogP contribution in [0.2, 0.25) is 0 Å². The van der Waals surface area contributed by atoms with Crippen molar-refractivity contribution in [1.82, 2.24) is 0 Å². The SMILES string of the molecule is COc1ccc(C(C)(C#N)CCC(OC(C)=O)C(CC2Oc3ccccc3O2)[N+](=O)[O-])c(OC)c1OC. The van der Waals surface area contributed by atoms with E-state index in [9.17, 15) is 20.2 Å². The Morgan fingerprint density at radius 1 is 1.11 bits per heavy atom. The van der Waals surface area contributed by atoms with Crippen molar-refractivity contribution in [3.05, 3.63) is 52.1 Å². The van der Waals surface area contributed by atoms with Crippen LogP contribution in [0.15, 0.2) is 36.4 Å². The molecule has 3 rings (SSSR count). The van der Waals surface area contributed by atoms with Crippen LogP contribution < -0.4 is 23.7 Å². The van der Waals surface area contributed by atoms with Gasteiger partial charge in [0.15, 0.2) is 29.1 Å². The van der Waals surface area contributed by atoms with Gasteiger partial charge in [-0.25, -0.2) is 0 Å². The zero-order valence-corrected chi connectivity index (χ0v) is 21.4. The Labute approximate surface area is 214 Å². The van der Waals surface area contributed by atoms with Crippen LogP contribution in [0.3, 0.4) is 0 Å². The summed E-state index contributed by atoms with van der Waals surface area (Å²) in [6, 6.07) is 11.2. The predicted molar refractivity (Wildman–Crippen MR) is 131 cm³/mol. The van der Waals surface area contributed by atoms with E-state index in [0.29, 0.717) is 34.3 Å². The molecule has 0 saturated carbocycles. The van der Waals surface area contributed by atoms with Crippen LogP contribution in [0.25, 0.3) is 0 Å². The van der Waals surface area contributed by atoms with Crippen molar-refractivity contribution in [3.63, 3.8) is 0 Å². The molecular formula is C26H30N2O9. The maximum Gasteiger partial charge on any atom is 0.303 e. The minimum Gasteiger partial charge on any atom is -0.493 e. The summed E-state index contributed by atoms with van der Waals surface area (Å²) >= 11 is 0. The molecule has 11 heteroatoms. The van der Waals surface area contributed by atoms with Gasteiger partial charge in [-0.1, -0.05) is 12.1 Å². The molecule has 0 N–H and O–H groups in total. The highest BCUT2D eigenvalue weighted by molar-refractivity contribution is 5.66. The second kappa shape index (κ2) is 11.7. The number of carbonyl (C=O) groups is 1. The van der Waals surface area contributed by atoms with Gasteiger partial charge >= 0.3 is 5.97 Å². The van der Waals surface area contributed by atoms with Gasteiger partial charge in [0, 0.05) is 17.4 Å². The van der Waals surface area contributed by atoms with Crippen LogP contribution in [-0.4, -0.2) is 50.7 Å². The Morgan fingerprint density at radius 3 is 2.22 bits per heavy atom. The largest absolute Gasteiger partial charge is 0.493 e. The predicted octanol–water partition coefficient (Wildman–Crippen LogP) is 4.04. The zero-order chi connectivity index (χ0) is 27.2. The minimum atomic E-state index is -1.33. The average molecular weight is 515 g/mol. The first-order valence-electron chi connectivity index (χ1n) is 11.6. The van der Waals surface area contributed by atoms with Crippen LogP contribution in [0.1, 0.15) is 38.7 Å². The number of hydrogen-bond donors (Lipinski definition) is 0. The Kier molecular flexibility index (Phi) is 8.65. The Balaban J connectivity index is 1.86. The number of para-hydroxylation sites is 2. The van der Waals surface area contributed by atoms with Gasteiger partial charge in [0.05, 0.1) is 39.2 Å². The molecule has 3 unspecified atom stereocenters. The molecule has 0 radical (unpaired) electrons. The summed E-state index contributed by atoms with van der Waals surface area (Å²) in [4.78, 5) is 23.5. The quantitative estimate of drug-likeness (QED) is 0.232. The van der Waals surface area contributed by atoms with E-state index < -0.39 is 34.7 Å². The van der Waals surface area contributed by atoms with E-state index in [1.165, 1.54) is 28.3 Å². The molecule has 198 valence electrons. The van der Waals surface area contributed by atoms with E-state index in [1.807, 2.05) is 0 Å². The van der Waals surface area contributed by atoms with Crippen molar-refractivity contribution in [3.8, 4) is 34.8 Å². The number of esters is 1. The molecule has 2 aromatic carbocycles. The molecular weight excluding hydrogens is 484 g/mol. The van der Waals surface area contributed by atoms with Gasteiger partial charge in [-0.2, -0.15) is 5.26 Å². The van der Waals surface area contributed by atoms with E-state index >= 15 is 0 Å². The van der Waals surface area contributed by atoms with Crippen molar-refractivity contribution < 1.29 is 38.1 Å². The third-order valence-electron chi connectivity index (χ3n) is 6.29. The molecule has 0 spiro atoms. The van der Waals surface area contributed by atoms with E-state index in [4.69, 9.17) is 28.4 Å². The summed E-state index contributed by atoms with van der Waals surface area (Å²) in [6.07, 6.45) is -2.08. The molecule has 11 nitrogen and oxygen atoms in total. The highest BCUT2D eigenvalue weighted by Gasteiger charge is 2.42. The summed E-state index contributed by atoms with van der Waals surface area (Å²) in [6.45, 7) is 2.87. The van der Waals surface area contributed by atoms with Crippen LogP contribution >= 0.6 is 0 Å². The number of nitriles is 1. The van der Waals surface area contributed by atoms with Crippen molar-refractivity contribution in [1.29, 1.82) is 5.26 Å². The number of rotatable bonds is 12. The lowest BCUT2D eigenvalue weighted by atomic mass is 9.78. The lowest BCUT2D eigenvalue weighted by molar-refractivity contribution is -0.537. The van der Waals surface area contributed by atoms with Crippen molar-refractivity contribution in [2.45, 2.75) is 57.0 Å². The Bertz CT molecular complexity index is 1150. The maximum atomic E-state index is 12.1. The Morgan fingerprint density at radius 2 is 1.73 bits per heavy atom. The monoisotopic (exact) mass is 514 g/mol. The number of fused-ring (bicyclic) bond motifs is 1. The maximum absolute atomic E-state index is 12.1. The number of benzene rings is 2. The smallest absolute Gasteiger partial charge is 0.303 e. The molecule has 0 amide bonds. The van der Waals surface area contributed by atoms with Crippen LogP contribution in [0, 0.1) is 21.4 Å². The number of nitrogens with zero attached hydrogens (tertiary/aromatic N) is 2. The van der Waals surface area contributed by atoms with Gasteiger partial charge in [-0.05, 0) is 44.0 Å². The molecule has 1 heterocycles. The number of hydrogen-bond acceptors (Lipinski definition) is 10. The fraction of sp³-hybridized carbons (Fsp3) is 0.462. The van der Waals surface area contributed by atoms with Crippen LogP contribution in [0.5, 0.6) is 28.7 Å². The van der Waals surface area contributed by atoms with Gasteiger partial charge in [0.25, 0.3) is 6.04 Å². The average Bonchev–Trinajstić information content (AvgIpc) is 3.30. The standard InChI is InChI=1S/C26H30N2O9/c1-16(29)35-19(18(28(30)31)14-23-36-20-8-6-7-9-21(20)37-23)12-13-26(2,15-27)17-10-11-22(32-3)25(34-5)24(17)33-4/h6-11,18-19,23H,12-14H2,1-5H3. The second-order valence-corrected chi connectivity index (χ2v) is 8.71. The minimum absolute atomic E-state index is 0.0203. The highest BCUT2D eigenvalue weighted by Crippen LogP contribution is 2.46. The van der Waals surface area contributed by atoms with Crippen LogP contribution in [-0.2, 0) is 14.9 Å². The number of methoxy groups -OCH3 is 3. The van der Waals surface area contributed by atoms with Gasteiger partial charge in [-0.15, -0.1) is 0 Å². The molecule has 0 fully saturated rings. The van der Waals surface area contributed by atoms with Crippen molar-refractivity contribution in [2.24, 2.45) is 0 Å². The highest BCUT2D eigenvalue weighted by atomic mass is 16.7. The molecule has 0 aliphatic carbocycles. The molecule has 1 aliphatic rings. The first-order valence-corrected chi connectivity index (χ1v) is 11.6. The van der Waals surface area contributed by atoms with Crippen LogP contribution in [0.4, 0.5) is 0 Å². The molecule has 0 saturated heterocycles. The van der Waals surface area contributed by atoms with E-state index in [1.54, 1.807) is 43.3 Å². The number of carbonyl (C=O) groups excluding carboxylic acids is 1. The molecule has 1 aliphatic heterocycles. The Hall–Kier alpha value is -4.20. The van der Waals surface area contributed by atoms with E-state index in [0.717, 1.165) is 0 Å². The van der Waals surface area contributed by atoms with Crippen molar-refractivity contribution in [2.75, 3.05) is 21.3 Å². The molecule has 2 aromatic rings. The summed E-state index contributed by atoms with van der Waals surface area (Å²) < 4.78 is 33.1. The topological polar surface area (TPSA) is 139 Å². The zero-order valence-electron chi connectivity index (χ0n) is 21.4. The summed E-state index contributed by atoms with van der Waals surface area (Å²) in [5.74, 6) is 1.35. The van der Waals surface area contributed by atoms with E-state index in [-0.39, 0.29) is 19.3 Å². The lowest BCUT2D eigenvalue weighted by Crippen LogP contribution is -2.42. The lowest BCUT2D eigenvalue weighted by Gasteiger charge is -2.28. The summed E-state index contributed by atoms with van der Waals surface area (Å²) in [7, 11) is 4.39. The molecule has 3 atom stereocenters. The van der Waals surface area contributed by atoms with Gasteiger partial charge < -0.3 is 28.4 Å². The first kappa shape index (κ1) is 27.4. The third-order valence-corrected chi connectivity index (χ3v) is 6.29. The molecule has 0 bridgehead atoms. The second-order valence-electron chi connectivity index (χ2n) is 8.71. The van der Waals surface area contributed by atoms with Gasteiger partial charge in [-0.3, -0.25) is 14.9 Å². The third kappa shape index (κ3) is 5.97. The fourth-order valence-electron chi connectivity index (χ4n) is 4.38. The van der Waals surface area contributed by atoms with Gasteiger partial charge in [0.2, 0.25) is 12.0 Å². The number of ether oxygens (including phenoxy) is 6. The van der Waals surface area contributed by atoms with Gasteiger partial charge in [0.1, 0.15) is 0 Å². The fourth-order valence-corrected chi connectivity index (χ4v) is 4.38. The van der Waals surface area contributed by atoms with Crippen molar-refractivity contribution >= 4 is 5.97 Å². The normalized spacial score (nSPS) is 15.6.